The normalized spacial score (nSPS) is 10.7. The topological polar surface area (TPSA) is 44.9 Å². The van der Waals surface area contributed by atoms with Crippen LogP contribution in [0.15, 0.2) is 48.7 Å². The molecule has 1 amide bonds. The number of rotatable bonds is 2. The summed E-state index contributed by atoms with van der Waals surface area (Å²) in [5, 5.41) is 4.85. The van der Waals surface area contributed by atoms with Crippen LogP contribution in [0.5, 0.6) is 0 Å². The maximum absolute atomic E-state index is 12.3. The fourth-order valence-electron chi connectivity index (χ4n) is 2.05. The van der Waals surface area contributed by atoms with Gasteiger partial charge in [-0.3, -0.25) is 4.79 Å². The Labute approximate surface area is 125 Å². The molecule has 2 aromatic carbocycles. The smallest absolute Gasteiger partial charge is 0.257 e. The van der Waals surface area contributed by atoms with E-state index in [9.17, 15) is 4.79 Å². The molecule has 0 unspecified atom stereocenters. The van der Waals surface area contributed by atoms with Crippen LogP contribution in [0, 0.1) is 0 Å². The van der Waals surface area contributed by atoms with Crippen molar-refractivity contribution in [3.05, 3.63) is 64.3 Å². The molecule has 5 heteroatoms. The molecule has 3 aromatic rings. The van der Waals surface area contributed by atoms with E-state index < -0.39 is 0 Å². The monoisotopic (exact) mass is 304 g/mol. The second-order valence-electron chi connectivity index (χ2n) is 4.36. The first kappa shape index (κ1) is 13.0. The number of aromatic nitrogens is 1. The Kier molecular flexibility index (Phi) is 3.38. The number of halogens is 2. The zero-order valence-corrected chi connectivity index (χ0v) is 11.8. The minimum absolute atomic E-state index is 0.194. The van der Waals surface area contributed by atoms with Gasteiger partial charge in [0.25, 0.3) is 5.91 Å². The van der Waals surface area contributed by atoms with Crippen LogP contribution >= 0.6 is 23.2 Å². The second kappa shape index (κ2) is 5.19. The Hall–Kier alpha value is -1.97. The first-order valence-electron chi connectivity index (χ1n) is 5.97. The maximum Gasteiger partial charge on any atom is 0.257 e. The van der Waals surface area contributed by atoms with Gasteiger partial charge in [0.05, 0.1) is 5.56 Å². The second-order valence-corrected chi connectivity index (χ2v) is 5.23. The summed E-state index contributed by atoms with van der Waals surface area (Å²) in [7, 11) is 0. The SMILES string of the molecule is O=C(Nc1cccc(Cl)c1)c1c[nH]c2cc(Cl)ccc12. The van der Waals surface area contributed by atoms with Gasteiger partial charge in [0, 0.05) is 32.8 Å². The number of carbonyl (C=O) groups excluding carboxylic acids is 1. The van der Waals surface area contributed by atoms with Crippen LogP contribution in [0.1, 0.15) is 10.4 Å². The number of amides is 1. The van der Waals surface area contributed by atoms with Gasteiger partial charge < -0.3 is 10.3 Å². The van der Waals surface area contributed by atoms with Crippen LogP contribution in [0.3, 0.4) is 0 Å². The average molecular weight is 305 g/mol. The van der Waals surface area contributed by atoms with Crippen LogP contribution in [-0.4, -0.2) is 10.9 Å². The number of nitrogens with one attached hydrogen (secondary N) is 2. The van der Waals surface area contributed by atoms with Crippen molar-refractivity contribution in [2.75, 3.05) is 5.32 Å². The molecular formula is C15H10Cl2N2O. The molecule has 3 rings (SSSR count). The van der Waals surface area contributed by atoms with Gasteiger partial charge in [-0.25, -0.2) is 0 Å². The van der Waals surface area contributed by atoms with Crippen LogP contribution in [0.2, 0.25) is 10.0 Å². The van der Waals surface area contributed by atoms with Crippen molar-refractivity contribution in [1.82, 2.24) is 4.98 Å². The first-order chi connectivity index (χ1) is 9.63. The molecular weight excluding hydrogens is 295 g/mol. The number of aromatic amines is 1. The molecule has 3 nitrogen and oxygen atoms in total. The van der Waals surface area contributed by atoms with E-state index in [1.165, 1.54) is 0 Å². The molecule has 0 fully saturated rings. The molecule has 100 valence electrons. The summed E-state index contributed by atoms with van der Waals surface area (Å²) < 4.78 is 0. The molecule has 20 heavy (non-hydrogen) atoms. The summed E-state index contributed by atoms with van der Waals surface area (Å²) in [6.45, 7) is 0. The van der Waals surface area contributed by atoms with Crippen molar-refractivity contribution >= 4 is 45.7 Å². The summed E-state index contributed by atoms with van der Waals surface area (Å²) in [4.78, 5) is 15.3. The van der Waals surface area contributed by atoms with Gasteiger partial charge in [0.2, 0.25) is 0 Å². The van der Waals surface area contributed by atoms with Gasteiger partial charge in [-0.15, -0.1) is 0 Å². The van der Waals surface area contributed by atoms with Crippen LogP contribution in [0.25, 0.3) is 10.9 Å². The molecule has 0 bridgehead atoms. The van der Waals surface area contributed by atoms with E-state index in [1.807, 2.05) is 6.07 Å². The highest BCUT2D eigenvalue weighted by molar-refractivity contribution is 6.31. The molecule has 0 saturated heterocycles. The average Bonchev–Trinajstić information content (AvgIpc) is 2.81. The third-order valence-electron chi connectivity index (χ3n) is 2.97. The molecule has 0 atom stereocenters. The van der Waals surface area contributed by atoms with Gasteiger partial charge in [-0.05, 0) is 30.3 Å². The van der Waals surface area contributed by atoms with Crippen molar-refractivity contribution in [3.8, 4) is 0 Å². The lowest BCUT2D eigenvalue weighted by atomic mass is 10.1. The van der Waals surface area contributed by atoms with Crippen LogP contribution < -0.4 is 5.32 Å². The molecule has 0 radical (unpaired) electrons. The summed E-state index contributed by atoms with van der Waals surface area (Å²) in [6, 6.07) is 12.4. The Bertz CT molecular complexity index is 795. The van der Waals surface area contributed by atoms with Gasteiger partial charge in [-0.2, -0.15) is 0 Å². The highest BCUT2D eigenvalue weighted by Crippen LogP contribution is 2.23. The van der Waals surface area contributed by atoms with Gasteiger partial charge >= 0.3 is 0 Å². The van der Waals surface area contributed by atoms with E-state index >= 15 is 0 Å². The fourth-order valence-corrected chi connectivity index (χ4v) is 2.41. The Balaban J connectivity index is 1.93. The Morgan fingerprint density at radius 1 is 1.05 bits per heavy atom. The molecule has 0 aliphatic carbocycles. The van der Waals surface area contributed by atoms with Crippen molar-refractivity contribution in [2.45, 2.75) is 0 Å². The molecule has 0 spiro atoms. The van der Waals surface area contributed by atoms with Gasteiger partial charge in [0.1, 0.15) is 0 Å². The molecule has 2 N–H and O–H groups in total. The van der Waals surface area contributed by atoms with Crippen molar-refractivity contribution in [3.63, 3.8) is 0 Å². The van der Waals surface area contributed by atoms with Crippen molar-refractivity contribution in [2.24, 2.45) is 0 Å². The quantitative estimate of drug-likeness (QED) is 0.706. The van der Waals surface area contributed by atoms with Gasteiger partial charge in [0.15, 0.2) is 0 Å². The van der Waals surface area contributed by atoms with E-state index in [4.69, 9.17) is 23.2 Å². The minimum atomic E-state index is -0.194. The third-order valence-corrected chi connectivity index (χ3v) is 3.44. The number of anilines is 1. The van der Waals surface area contributed by atoms with Crippen LogP contribution in [0.4, 0.5) is 5.69 Å². The molecule has 1 heterocycles. The summed E-state index contributed by atoms with van der Waals surface area (Å²) in [5.41, 5.74) is 2.05. The summed E-state index contributed by atoms with van der Waals surface area (Å²) >= 11 is 11.8. The maximum atomic E-state index is 12.3. The Morgan fingerprint density at radius 3 is 2.65 bits per heavy atom. The predicted octanol–water partition coefficient (Wildman–Crippen LogP) is 4.73. The molecule has 1 aromatic heterocycles. The van der Waals surface area contributed by atoms with Crippen molar-refractivity contribution < 1.29 is 4.79 Å². The highest BCUT2D eigenvalue weighted by Gasteiger charge is 2.12. The summed E-state index contributed by atoms with van der Waals surface area (Å²) in [6.07, 6.45) is 1.67. The number of carbonyl (C=O) groups is 1. The lowest BCUT2D eigenvalue weighted by Gasteiger charge is -2.04. The standard InChI is InChI=1S/C15H10Cl2N2O/c16-9-2-1-3-11(6-9)19-15(20)13-8-18-14-7-10(17)4-5-12(13)14/h1-8,18H,(H,19,20). The van der Waals surface area contributed by atoms with E-state index in [2.05, 4.69) is 10.3 Å². The zero-order chi connectivity index (χ0) is 14.1. The van der Waals surface area contributed by atoms with Crippen LogP contribution in [-0.2, 0) is 0 Å². The van der Waals surface area contributed by atoms with Gasteiger partial charge in [-0.1, -0.05) is 35.3 Å². The summed E-state index contributed by atoms with van der Waals surface area (Å²) in [5.74, 6) is -0.194. The van der Waals surface area contributed by atoms with E-state index in [1.54, 1.807) is 42.6 Å². The number of fused-ring (bicyclic) bond motifs is 1. The molecule has 0 aliphatic rings. The van der Waals surface area contributed by atoms with Crippen molar-refractivity contribution in [1.29, 1.82) is 0 Å². The van der Waals surface area contributed by atoms with E-state index in [-0.39, 0.29) is 5.91 Å². The minimum Gasteiger partial charge on any atom is -0.360 e. The first-order valence-corrected chi connectivity index (χ1v) is 6.72. The zero-order valence-electron chi connectivity index (χ0n) is 10.3. The number of hydrogen-bond donors (Lipinski definition) is 2. The highest BCUT2D eigenvalue weighted by atomic mass is 35.5. The predicted molar refractivity (Wildman–Crippen MR) is 82.7 cm³/mol. The number of benzene rings is 2. The van der Waals surface area contributed by atoms with E-state index in [0.29, 0.717) is 21.3 Å². The fraction of sp³-hybridized carbons (Fsp3) is 0. The van der Waals surface area contributed by atoms with E-state index in [0.717, 1.165) is 10.9 Å². The molecule has 0 saturated carbocycles. The number of hydrogen-bond acceptors (Lipinski definition) is 1. The lowest BCUT2D eigenvalue weighted by molar-refractivity contribution is 0.102. The molecule has 0 aliphatic heterocycles. The number of H-pyrrole nitrogens is 1. The Morgan fingerprint density at radius 2 is 1.85 bits per heavy atom. The third kappa shape index (κ3) is 2.50. The largest absolute Gasteiger partial charge is 0.360 e. The lowest BCUT2D eigenvalue weighted by Crippen LogP contribution is -2.11.